The second-order valence-electron chi connectivity index (χ2n) is 7.16. The molecule has 1 aliphatic heterocycles. The number of carboxylic acids is 1. The van der Waals surface area contributed by atoms with E-state index in [1.54, 1.807) is 11.0 Å². The summed E-state index contributed by atoms with van der Waals surface area (Å²) in [6, 6.07) is 11.0. The lowest BCUT2D eigenvalue weighted by atomic mass is 9.73. The van der Waals surface area contributed by atoms with Gasteiger partial charge in [-0.2, -0.15) is 4.98 Å². The van der Waals surface area contributed by atoms with E-state index in [-0.39, 0.29) is 12.3 Å². The predicted molar refractivity (Wildman–Crippen MR) is 102 cm³/mol. The van der Waals surface area contributed by atoms with Crippen molar-refractivity contribution >= 4 is 11.9 Å². The number of carboxylic acid groups (broad SMARTS) is 1. The molecule has 29 heavy (non-hydrogen) atoms. The zero-order valence-electron chi connectivity index (χ0n) is 15.8. The van der Waals surface area contributed by atoms with Gasteiger partial charge in [-0.15, -0.1) is 0 Å². The number of aliphatic carboxylic acids is 1. The predicted octanol–water partition coefficient (Wildman–Crippen LogP) is 2.91. The van der Waals surface area contributed by atoms with E-state index in [0.29, 0.717) is 49.6 Å². The van der Waals surface area contributed by atoms with Gasteiger partial charge in [-0.3, -0.25) is 9.59 Å². The number of piperidine rings is 1. The van der Waals surface area contributed by atoms with Crippen LogP contribution in [0.1, 0.15) is 30.7 Å². The van der Waals surface area contributed by atoms with Gasteiger partial charge < -0.3 is 18.9 Å². The molecule has 150 valence electrons. The smallest absolute Gasteiger partial charge is 0.314 e. The highest BCUT2D eigenvalue weighted by molar-refractivity contribution is 5.82. The topological polar surface area (TPSA) is 110 Å². The molecule has 1 saturated heterocycles. The molecule has 0 bridgehead atoms. The van der Waals surface area contributed by atoms with E-state index in [1.807, 2.05) is 30.3 Å². The lowest BCUT2D eigenvalue weighted by Crippen LogP contribution is -2.49. The molecule has 1 aromatic carbocycles. The first-order valence-corrected chi connectivity index (χ1v) is 9.50. The molecule has 3 aromatic rings. The summed E-state index contributed by atoms with van der Waals surface area (Å²) in [7, 11) is 0. The number of nitrogens with zero attached hydrogens (tertiary/aromatic N) is 3. The third kappa shape index (κ3) is 3.78. The maximum atomic E-state index is 12.6. The van der Waals surface area contributed by atoms with Crippen LogP contribution in [0.15, 0.2) is 57.9 Å². The number of aromatic nitrogens is 2. The Kier molecular flexibility index (Phi) is 5.16. The first-order chi connectivity index (χ1) is 14.1. The van der Waals surface area contributed by atoms with Crippen molar-refractivity contribution in [2.24, 2.45) is 0 Å². The lowest BCUT2D eigenvalue weighted by molar-refractivity contribution is -0.148. The molecule has 1 N–H and O–H groups in total. The minimum Gasteiger partial charge on any atom is -0.481 e. The maximum absolute atomic E-state index is 12.6. The van der Waals surface area contributed by atoms with Crippen molar-refractivity contribution in [3.63, 3.8) is 0 Å². The Hall–Kier alpha value is -3.42. The minimum atomic E-state index is -0.940. The van der Waals surface area contributed by atoms with Crippen molar-refractivity contribution in [3.05, 3.63) is 60.4 Å². The van der Waals surface area contributed by atoms with Crippen LogP contribution in [0.3, 0.4) is 0 Å². The highest BCUT2D eigenvalue weighted by Crippen LogP contribution is 2.36. The Morgan fingerprint density at radius 3 is 2.55 bits per heavy atom. The molecule has 0 saturated carbocycles. The van der Waals surface area contributed by atoms with Crippen LogP contribution in [-0.4, -0.2) is 45.1 Å². The molecule has 4 rings (SSSR count). The summed E-state index contributed by atoms with van der Waals surface area (Å²) >= 11 is 0. The van der Waals surface area contributed by atoms with Gasteiger partial charge in [-0.05, 0) is 24.5 Å². The van der Waals surface area contributed by atoms with E-state index in [4.69, 9.17) is 8.94 Å². The molecule has 1 fully saturated rings. The van der Waals surface area contributed by atoms with Gasteiger partial charge in [0.25, 0.3) is 0 Å². The number of benzene rings is 1. The summed E-state index contributed by atoms with van der Waals surface area (Å²) in [5.74, 6) is -0.0717. The average Bonchev–Trinajstić information content (AvgIpc) is 3.44. The highest BCUT2D eigenvalue weighted by Gasteiger charge is 2.43. The second-order valence-corrected chi connectivity index (χ2v) is 7.16. The van der Waals surface area contributed by atoms with E-state index < -0.39 is 11.4 Å². The van der Waals surface area contributed by atoms with Crippen LogP contribution in [-0.2, 0) is 21.4 Å². The van der Waals surface area contributed by atoms with Crippen LogP contribution < -0.4 is 0 Å². The summed E-state index contributed by atoms with van der Waals surface area (Å²) in [6.45, 7) is 0.814. The summed E-state index contributed by atoms with van der Waals surface area (Å²) in [5.41, 5.74) is 0.565. The summed E-state index contributed by atoms with van der Waals surface area (Å²) < 4.78 is 10.2. The lowest BCUT2D eigenvalue weighted by Gasteiger charge is -2.39. The van der Waals surface area contributed by atoms with Gasteiger partial charge in [0.1, 0.15) is 6.26 Å². The zero-order chi connectivity index (χ0) is 20.3. The largest absolute Gasteiger partial charge is 0.481 e. The van der Waals surface area contributed by atoms with Crippen LogP contribution >= 0.6 is 0 Å². The van der Waals surface area contributed by atoms with Gasteiger partial charge in [-0.1, -0.05) is 35.5 Å². The molecule has 2 aromatic heterocycles. The van der Waals surface area contributed by atoms with Gasteiger partial charge in [0.2, 0.25) is 17.6 Å². The Morgan fingerprint density at radius 2 is 1.90 bits per heavy atom. The normalized spacial score (nSPS) is 15.9. The number of hydrogen-bond acceptors (Lipinski definition) is 6. The maximum Gasteiger partial charge on any atom is 0.314 e. The Labute approximate surface area is 167 Å². The summed E-state index contributed by atoms with van der Waals surface area (Å²) in [6.07, 6.45) is 4.40. The third-order valence-electron chi connectivity index (χ3n) is 5.51. The molecule has 8 heteroatoms. The minimum absolute atomic E-state index is 0.0416. The molecule has 0 spiro atoms. The number of likely N-dealkylation sites (tertiary alicyclic amines) is 1. The Bertz CT molecular complexity index is 973. The number of hydrogen-bond donors (Lipinski definition) is 1. The fourth-order valence-corrected chi connectivity index (χ4v) is 3.76. The third-order valence-corrected chi connectivity index (χ3v) is 5.51. The van der Waals surface area contributed by atoms with Crippen LogP contribution in [0.2, 0.25) is 0 Å². The van der Waals surface area contributed by atoms with Crippen molar-refractivity contribution in [2.45, 2.75) is 31.1 Å². The number of carbonyl (C=O) groups excluding carboxylic acids is 1. The van der Waals surface area contributed by atoms with Crippen LogP contribution in [0.4, 0.5) is 0 Å². The molecule has 3 heterocycles. The monoisotopic (exact) mass is 395 g/mol. The number of aryl methyl sites for hydroxylation is 1. The van der Waals surface area contributed by atoms with E-state index in [2.05, 4.69) is 10.1 Å². The van der Waals surface area contributed by atoms with Crippen molar-refractivity contribution in [3.8, 4) is 11.4 Å². The molecule has 8 nitrogen and oxygen atoms in total. The van der Waals surface area contributed by atoms with E-state index in [1.165, 1.54) is 12.5 Å². The summed E-state index contributed by atoms with van der Waals surface area (Å²) in [4.78, 5) is 30.6. The van der Waals surface area contributed by atoms with E-state index in [9.17, 15) is 14.7 Å². The van der Waals surface area contributed by atoms with Gasteiger partial charge in [0, 0.05) is 25.9 Å². The molecule has 1 amide bonds. The van der Waals surface area contributed by atoms with Crippen LogP contribution in [0.5, 0.6) is 0 Å². The molecular formula is C21H21N3O5. The molecule has 0 aliphatic carbocycles. The van der Waals surface area contributed by atoms with Crippen molar-refractivity contribution in [2.75, 3.05) is 13.1 Å². The average molecular weight is 395 g/mol. The zero-order valence-corrected chi connectivity index (χ0v) is 15.8. The van der Waals surface area contributed by atoms with E-state index in [0.717, 1.165) is 5.56 Å². The fraction of sp³-hybridized carbons (Fsp3) is 0.333. The summed E-state index contributed by atoms with van der Waals surface area (Å²) in [5, 5.41) is 13.7. The molecule has 0 unspecified atom stereocenters. The van der Waals surface area contributed by atoms with Gasteiger partial charge in [0.05, 0.1) is 17.2 Å². The molecule has 1 aliphatic rings. The molecule has 0 radical (unpaired) electrons. The second kappa shape index (κ2) is 7.90. The standard InChI is InChI=1S/C21H21N3O5/c25-18(7-6-17-22-19(23-29-17)15-8-13-28-14-15)24-11-9-21(10-12-24,20(26)27)16-4-2-1-3-5-16/h1-5,8,13-14H,6-7,9-12H2,(H,26,27). The SMILES string of the molecule is O=C(CCc1nc(-c2ccoc2)no1)N1CCC(C(=O)O)(c2ccccc2)CC1. The van der Waals surface area contributed by atoms with E-state index >= 15 is 0 Å². The Balaban J connectivity index is 1.35. The van der Waals surface area contributed by atoms with Crippen LogP contribution in [0, 0.1) is 0 Å². The number of amides is 1. The van der Waals surface area contributed by atoms with Gasteiger partial charge in [0.15, 0.2) is 0 Å². The van der Waals surface area contributed by atoms with Gasteiger partial charge >= 0.3 is 5.97 Å². The fourth-order valence-electron chi connectivity index (χ4n) is 3.76. The van der Waals surface area contributed by atoms with Gasteiger partial charge in [-0.25, -0.2) is 0 Å². The van der Waals surface area contributed by atoms with Crippen LogP contribution in [0.25, 0.3) is 11.4 Å². The van der Waals surface area contributed by atoms with Crippen molar-refractivity contribution < 1.29 is 23.6 Å². The Morgan fingerprint density at radius 1 is 1.14 bits per heavy atom. The first-order valence-electron chi connectivity index (χ1n) is 9.50. The number of rotatable bonds is 6. The quantitative estimate of drug-likeness (QED) is 0.683. The number of carbonyl (C=O) groups is 2. The van der Waals surface area contributed by atoms with Crippen molar-refractivity contribution in [1.82, 2.24) is 15.0 Å². The first kappa shape index (κ1) is 18.9. The van der Waals surface area contributed by atoms with Crippen molar-refractivity contribution in [1.29, 1.82) is 0 Å². The molecule has 0 atom stereocenters. The highest BCUT2D eigenvalue weighted by atomic mass is 16.5. The molecular weight excluding hydrogens is 374 g/mol. The number of furan rings is 1.